The fraction of sp³-hybridized carbons (Fsp3) is 0.588. The first-order chi connectivity index (χ1) is 11.1. The van der Waals surface area contributed by atoms with Crippen LogP contribution >= 0.6 is 0 Å². The highest BCUT2D eigenvalue weighted by Crippen LogP contribution is 2.15. The monoisotopic (exact) mass is 324 g/mol. The normalized spacial score (nSPS) is 21.2. The molecule has 5 nitrogen and oxygen atoms in total. The van der Waals surface area contributed by atoms with Gasteiger partial charge >= 0.3 is 0 Å². The Morgan fingerprint density at radius 2 is 2.26 bits per heavy atom. The van der Waals surface area contributed by atoms with Crippen LogP contribution < -0.4 is 10.6 Å². The Bertz CT molecular complexity index is 525. The van der Waals surface area contributed by atoms with E-state index in [4.69, 9.17) is 9.47 Å². The summed E-state index contributed by atoms with van der Waals surface area (Å²) >= 11 is 0. The summed E-state index contributed by atoms with van der Waals surface area (Å²) in [6, 6.07) is 4.53. The highest BCUT2D eigenvalue weighted by atomic mass is 19.1. The lowest BCUT2D eigenvalue weighted by molar-refractivity contribution is 0.0603. The molecule has 1 aromatic rings. The molecule has 0 radical (unpaired) electrons. The molecule has 2 N–H and O–H groups in total. The van der Waals surface area contributed by atoms with Gasteiger partial charge in [-0.25, -0.2) is 4.39 Å². The van der Waals surface area contributed by atoms with Crippen molar-refractivity contribution in [3.63, 3.8) is 0 Å². The van der Waals surface area contributed by atoms with Crippen molar-refractivity contribution in [1.29, 1.82) is 0 Å². The molecule has 1 aliphatic heterocycles. The Labute approximate surface area is 136 Å². The first-order valence-corrected chi connectivity index (χ1v) is 7.98. The predicted octanol–water partition coefficient (Wildman–Crippen LogP) is 1.72. The van der Waals surface area contributed by atoms with Gasteiger partial charge in [-0.3, -0.25) is 4.79 Å². The molecule has 0 spiro atoms. The van der Waals surface area contributed by atoms with Gasteiger partial charge in [-0.2, -0.15) is 0 Å². The van der Waals surface area contributed by atoms with Crippen LogP contribution in [0.25, 0.3) is 0 Å². The lowest BCUT2D eigenvalue weighted by Crippen LogP contribution is -2.48. The highest BCUT2D eigenvalue weighted by molar-refractivity contribution is 5.94. The van der Waals surface area contributed by atoms with Gasteiger partial charge in [0.05, 0.1) is 19.8 Å². The summed E-state index contributed by atoms with van der Waals surface area (Å²) in [6.45, 7) is 4.87. The number of rotatable bonds is 7. The van der Waals surface area contributed by atoms with Gasteiger partial charge in [0.25, 0.3) is 5.91 Å². The van der Waals surface area contributed by atoms with Crippen molar-refractivity contribution >= 4 is 5.91 Å². The fourth-order valence-electron chi connectivity index (χ4n) is 2.63. The molecule has 2 atom stereocenters. The fourth-order valence-corrected chi connectivity index (χ4v) is 2.63. The molecule has 0 aliphatic carbocycles. The van der Waals surface area contributed by atoms with Gasteiger partial charge in [-0.1, -0.05) is 6.92 Å². The minimum atomic E-state index is -0.366. The number of hydrogen-bond donors (Lipinski definition) is 2. The van der Waals surface area contributed by atoms with Crippen LogP contribution in [0.1, 0.15) is 29.3 Å². The number of carbonyl (C=O) groups is 1. The maximum Gasteiger partial charge on any atom is 0.251 e. The first-order valence-electron chi connectivity index (χ1n) is 7.98. The molecule has 1 aromatic carbocycles. The van der Waals surface area contributed by atoms with Gasteiger partial charge < -0.3 is 20.1 Å². The molecule has 1 amide bonds. The average Bonchev–Trinajstić information content (AvgIpc) is 2.55. The third kappa shape index (κ3) is 5.27. The van der Waals surface area contributed by atoms with E-state index in [2.05, 4.69) is 17.6 Å². The van der Waals surface area contributed by atoms with Gasteiger partial charge in [-0.15, -0.1) is 0 Å². The van der Waals surface area contributed by atoms with E-state index in [1.165, 1.54) is 12.1 Å². The van der Waals surface area contributed by atoms with Gasteiger partial charge in [0.15, 0.2) is 0 Å². The van der Waals surface area contributed by atoms with E-state index in [0.717, 1.165) is 19.5 Å². The molecule has 1 heterocycles. The molecule has 23 heavy (non-hydrogen) atoms. The molecule has 1 aliphatic rings. The topological polar surface area (TPSA) is 59.6 Å². The molecule has 0 bridgehead atoms. The Balaban J connectivity index is 1.96. The number of benzene rings is 1. The summed E-state index contributed by atoms with van der Waals surface area (Å²) < 4.78 is 24.0. The van der Waals surface area contributed by atoms with Crippen molar-refractivity contribution in [2.45, 2.75) is 26.0 Å². The summed E-state index contributed by atoms with van der Waals surface area (Å²) in [4.78, 5) is 12.4. The third-order valence-corrected chi connectivity index (χ3v) is 4.10. The minimum absolute atomic E-state index is 0.125. The van der Waals surface area contributed by atoms with Crippen molar-refractivity contribution in [1.82, 2.24) is 10.6 Å². The van der Waals surface area contributed by atoms with Gasteiger partial charge in [-0.05, 0) is 43.6 Å². The SMILES string of the molecule is COCCOCc1cc(C(=O)NC2CCNCC2C)ccc1F. The van der Waals surface area contributed by atoms with Crippen molar-refractivity contribution in [3.8, 4) is 0 Å². The van der Waals surface area contributed by atoms with E-state index in [-0.39, 0.29) is 24.4 Å². The predicted molar refractivity (Wildman–Crippen MR) is 85.8 cm³/mol. The number of nitrogens with one attached hydrogen (secondary N) is 2. The smallest absolute Gasteiger partial charge is 0.251 e. The number of hydrogen-bond acceptors (Lipinski definition) is 4. The number of halogens is 1. The van der Waals surface area contributed by atoms with Crippen LogP contribution in [0.5, 0.6) is 0 Å². The van der Waals surface area contributed by atoms with Crippen LogP contribution in [-0.4, -0.2) is 45.4 Å². The second kappa shape index (κ2) is 8.96. The second-order valence-electron chi connectivity index (χ2n) is 5.90. The molecular formula is C17H25FN2O3. The Hall–Kier alpha value is -1.50. The van der Waals surface area contributed by atoms with Crippen LogP contribution in [-0.2, 0) is 16.1 Å². The Morgan fingerprint density at radius 1 is 1.43 bits per heavy atom. The molecule has 2 rings (SSSR count). The molecule has 0 saturated carbocycles. The van der Waals surface area contributed by atoms with E-state index in [0.29, 0.717) is 30.3 Å². The quantitative estimate of drug-likeness (QED) is 0.750. The van der Waals surface area contributed by atoms with Gasteiger partial charge in [0.1, 0.15) is 5.82 Å². The number of methoxy groups -OCH3 is 1. The third-order valence-electron chi connectivity index (χ3n) is 4.10. The Morgan fingerprint density at radius 3 is 3.00 bits per heavy atom. The molecule has 1 fully saturated rings. The standard InChI is InChI=1S/C17H25FN2O3/c1-12-10-19-6-5-16(12)20-17(21)13-3-4-15(18)14(9-13)11-23-8-7-22-2/h3-4,9,12,16,19H,5-8,10-11H2,1-2H3,(H,20,21). The minimum Gasteiger partial charge on any atom is -0.382 e. The highest BCUT2D eigenvalue weighted by Gasteiger charge is 2.23. The molecule has 2 unspecified atom stereocenters. The molecular weight excluding hydrogens is 299 g/mol. The Kier molecular flexibility index (Phi) is 6.95. The van der Waals surface area contributed by atoms with Crippen LogP contribution in [0.2, 0.25) is 0 Å². The summed E-state index contributed by atoms with van der Waals surface area (Å²) in [5.74, 6) is -0.152. The van der Waals surface area contributed by atoms with Gasteiger partial charge in [0, 0.05) is 24.3 Å². The van der Waals surface area contributed by atoms with E-state index < -0.39 is 0 Å². The van der Waals surface area contributed by atoms with Gasteiger partial charge in [0.2, 0.25) is 0 Å². The number of piperidine rings is 1. The van der Waals surface area contributed by atoms with E-state index in [9.17, 15) is 9.18 Å². The lowest BCUT2D eigenvalue weighted by atomic mass is 9.95. The van der Waals surface area contributed by atoms with Crippen molar-refractivity contribution in [2.75, 3.05) is 33.4 Å². The zero-order valence-electron chi connectivity index (χ0n) is 13.7. The zero-order valence-corrected chi connectivity index (χ0v) is 13.7. The zero-order chi connectivity index (χ0) is 16.7. The number of amides is 1. The summed E-state index contributed by atoms with van der Waals surface area (Å²) in [6.07, 6.45) is 0.904. The molecule has 128 valence electrons. The van der Waals surface area contributed by atoms with E-state index in [1.54, 1.807) is 13.2 Å². The maximum absolute atomic E-state index is 13.8. The van der Waals surface area contributed by atoms with E-state index in [1.807, 2.05) is 0 Å². The average molecular weight is 324 g/mol. The van der Waals surface area contributed by atoms with Crippen molar-refractivity contribution in [2.24, 2.45) is 5.92 Å². The first kappa shape index (κ1) is 17.8. The molecule has 1 saturated heterocycles. The summed E-state index contributed by atoms with van der Waals surface area (Å²) in [7, 11) is 1.58. The molecule has 6 heteroatoms. The van der Waals surface area contributed by atoms with Crippen molar-refractivity contribution in [3.05, 3.63) is 35.1 Å². The summed E-state index contributed by atoms with van der Waals surface area (Å²) in [5, 5.41) is 6.35. The maximum atomic E-state index is 13.8. The van der Waals surface area contributed by atoms with Crippen LogP contribution in [0.15, 0.2) is 18.2 Å². The van der Waals surface area contributed by atoms with Crippen LogP contribution in [0, 0.1) is 11.7 Å². The summed E-state index contributed by atoms with van der Waals surface area (Å²) in [5.41, 5.74) is 0.842. The largest absolute Gasteiger partial charge is 0.382 e. The van der Waals surface area contributed by atoms with E-state index >= 15 is 0 Å². The van der Waals surface area contributed by atoms with Crippen molar-refractivity contribution < 1.29 is 18.7 Å². The number of ether oxygens (including phenoxy) is 2. The van der Waals surface area contributed by atoms with Crippen LogP contribution in [0.4, 0.5) is 4.39 Å². The second-order valence-corrected chi connectivity index (χ2v) is 5.90. The lowest BCUT2D eigenvalue weighted by Gasteiger charge is -2.30. The number of carbonyl (C=O) groups excluding carboxylic acids is 1. The molecule has 0 aromatic heterocycles. The van der Waals surface area contributed by atoms with Crippen LogP contribution in [0.3, 0.4) is 0 Å².